The molecular weight excluding hydrogens is 576 g/mol. The van der Waals surface area contributed by atoms with Crippen LogP contribution in [0.2, 0.25) is 0 Å². The average Bonchev–Trinajstić information content (AvgIpc) is 3.35. The molecule has 31 heavy (non-hydrogen) atoms. The van der Waals surface area contributed by atoms with Crippen molar-refractivity contribution in [2.75, 3.05) is 21.3 Å². The number of rotatable bonds is 4. The lowest BCUT2D eigenvalue weighted by Gasteiger charge is -2.01. The Morgan fingerprint density at radius 3 is 1.71 bits per heavy atom. The number of nitrogens with zero attached hydrogens (tertiary/aromatic N) is 2. The fourth-order valence-electron chi connectivity index (χ4n) is 2.44. The first-order valence-electron chi connectivity index (χ1n) is 8.37. The Morgan fingerprint density at radius 1 is 0.839 bits per heavy atom. The highest BCUT2D eigenvalue weighted by atomic mass is 79.9. The first kappa shape index (κ1) is 23.4. The zero-order valence-corrected chi connectivity index (χ0v) is 21.1. The highest BCUT2D eigenvalue weighted by molar-refractivity contribution is 9.11. The number of carbonyl (C=O) groups excluding carboxylic acids is 1. The van der Waals surface area contributed by atoms with Gasteiger partial charge < -0.3 is 19.3 Å². The minimum absolute atomic E-state index is 0.0881. The third-order valence-electron chi connectivity index (χ3n) is 3.87. The SMILES string of the molecule is COC(=O)c1nc2cc(Br)c(OC)cc2s1.COc1cc2sc(C(=O)O)nc2cc1Br. The minimum atomic E-state index is -1.01. The number of methoxy groups -OCH3 is 3. The van der Waals surface area contributed by atoms with E-state index >= 15 is 0 Å². The summed E-state index contributed by atoms with van der Waals surface area (Å²) in [4.78, 5) is 30.2. The summed E-state index contributed by atoms with van der Waals surface area (Å²) in [6, 6.07) is 7.17. The first-order chi connectivity index (χ1) is 14.8. The van der Waals surface area contributed by atoms with E-state index in [1.54, 1.807) is 26.4 Å². The van der Waals surface area contributed by atoms with Gasteiger partial charge in [0, 0.05) is 12.1 Å². The summed E-state index contributed by atoms with van der Waals surface area (Å²) in [5.41, 5.74) is 1.41. The molecule has 4 rings (SSSR count). The van der Waals surface area contributed by atoms with Crippen molar-refractivity contribution in [3.8, 4) is 11.5 Å². The average molecular weight is 590 g/mol. The number of aromatic carboxylic acids is 1. The molecule has 2 heterocycles. The lowest BCUT2D eigenvalue weighted by molar-refractivity contribution is 0.0599. The summed E-state index contributed by atoms with van der Waals surface area (Å²) in [6.45, 7) is 0. The summed E-state index contributed by atoms with van der Waals surface area (Å²) < 4.78 is 18.2. The van der Waals surface area contributed by atoms with E-state index < -0.39 is 11.9 Å². The lowest BCUT2D eigenvalue weighted by Crippen LogP contribution is -1.99. The number of carboxylic acids is 1. The van der Waals surface area contributed by atoms with Crippen molar-refractivity contribution in [3.63, 3.8) is 0 Å². The predicted octanol–water partition coefficient (Wildman–Crippen LogP) is 5.62. The molecule has 2 aromatic carbocycles. The third kappa shape index (κ3) is 5.14. The maximum atomic E-state index is 11.3. The van der Waals surface area contributed by atoms with E-state index in [1.807, 2.05) is 12.1 Å². The van der Waals surface area contributed by atoms with Crippen LogP contribution in [0.5, 0.6) is 11.5 Å². The highest BCUT2D eigenvalue weighted by Crippen LogP contribution is 2.34. The molecule has 0 aliphatic heterocycles. The van der Waals surface area contributed by atoms with Crippen LogP contribution in [0.3, 0.4) is 0 Å². The number of thiazole rings is 2. The predicted molar refractivity (Wildman–Crippen MR) is 126 cm³/mol. The Balaban J connectivity index is 0.000000176. The van der Waals surface area contributed by atoms with Crippen LogP contribution in [0, 0.1) is 0 Å². The molecule has 1 N–H and O–H groups in total. The van der Waals surface area contributed by atoms with Crippen molar-refractivity contribution < 1.29 is 28.9 Å². The molecule has 4 aromatic rings. The number of benzene rings is 2. The molecule has 0 bridgehead atoms. The van der Waals surface area contributed by atoms with Crippen LogP contribution in [0.4, 0.5) is 0 Å². The van der Waals surface area contributed by atoms with Crippen LogP contribution in [-0.2, 0) is 4.74 Å². The molecule has 0 fully saturated rings. The van der Waals surface area contributed by atoms with Crippen molar-refractivity contribution in [1.29, 1.82) is 0 Å². The van der Waals surface area contributed by atoms with Gasteiger partial charge in [0.25, 0.3) is 0 Å². The molecule has 0 amide bonds. The Bertz CT molecular complexity index is 1290. The largest absolute Gasteiger partial charge is 0.496 e. The van der Waals surface area contributed by atoms with Crippen molar-refractivity contribution in [1.82, 2.24) is 9.97 Å². The van der Waals surface area contributed by atoms with Gasteiger partial charge in [-0.05, 0) is 44.0 Å². The zero-order chi connectivity index (χ0) is 22.7. The van der Waals surface area contributed by atoms with E-state index in [0.29, 0.717) is 22.0 Å². The Hall–Kier alpha value is -2.28. The summed E-state index contributed by atoms with van der Waals surface area (Å²) in [5, 5.41) is 9.22. The molecule has 0 aliphatic rings. The number of ether oxygens (including phenoxy) is 3. The summed E-state index contributed by atoms with van der Waals surface area (Å²) in [5.74, 6) is -0.0433. The van der Waals surface area contributed by atoms with Gasteiger partial charge in [0.2, 0.25) is 10.0 Å². The molecule has 0 unspecified atom stereocenters. The Morgan fingerprint density at radius 2 is 1.29 bits per heavy atom. The van der Waals surface area contributed by atoms with Gasteiger partial charge in [0.05, 0.1) is 50.7 Å². The van der Waals surface area contributed by atoms with Gasteiger partial charge in [-0.15, -0.1) is 22.7 Å². The Labute approximate surface area is 201 Å². The smallest absolute Gasteiger partial charge is 0.367 e. The summed E-state index contributed by atoms with van der Waals surface area (Å²) in [6.07, 6.45) is 0. The second kappa shape index (κ2) is 9.90. The lowest BCUT2D eigenvalue weighted by atomic mass is 10.3. The van der Waals surface area contributed by atoms with E-state index in [2.05, 4.69) is 46.6 Å². The highest BCUT2D eigenvalue weighted by Gasteiger charge is 2.14. The van der Waals surface area contributed by atoms with Crippen LogP contribution in [0.1, 0.15) is 19.6 Å². The van der Waals surface area contributed by atoms with Gasteiger partial charge in [-0.25, -0.2) is 19.6 Å². The summed E-state index contributed by atoms with van der Waals surface area (Å²) in [7, 11) is 4.49. The van der Waals surface area contributed by atoms with Gasteiger partial charge >= 0.3 is 11.9 Å². The van der Waals surface area contributed by atoms with Crippen molar-refractivity contribution in [3.05, 3.63) is 43.2 Å². The number of esters is 1. The quantitative estimate of drug-likeness (QED) is 0.306. The molecule has 162 valence electrons. The number of fused-ring (bicyclic) bond motifs is 2. The number of aromatic nitrogens is 2. The molecule has 0 saturated heterocycles. The molecular formula is C19H14Br2N2O6S2. The van der Waals surface area contributed by atoms with Gasteiger partial charge in [0.15, 0.2) is 0 Å². The first-order valence-corrected chi connectivity index (χ1v) is 11.6. The molecule has 0 spiro atoms. The zero-order valence-electron chi connectivity index (χ0n) is 16.3. The van der Waals surface area contributed by atoms with E-state index in [1.165, 1.54) is 18.4 Å². The Kier molecular flexibility index (Phi) is 7.46. The fourth-order valence-corrected chi connectivity index (χ4v) is 5.13. The molecule has 2 aromatic heterocycles. The van der Waals surface area contributed by atoms with Crippen LogP contribution in [0.25, 0.3) is 20.4 Å². The minimum Gasteiger partial charge on any atom is -0.496 e. The van der Waals surface area contributed by atoms with Crippen LogP contribution in [-0.4, -0.2) is 48.3 Å². The monoisotopic (exact) mass is 588 g/mol. The van der Waals surface area contributed by atoms with Crippen molar-refractivity contribution in [2.24, 2.45) is 0 Å². The summed E-state index contributed by atoms with van der Waals surface area (Å²) >= 11 is 9.09. The number of hydrogen-bond acceptors (Lipinski definition) is 9. The van der Waals surface area contributed by atoms with Crippen LogP contribution in [0.15, 0.2) is 33.2 Å². The maximum Gasteiger partial charge on any atom is 0.367 e. The number of carbonyl (C=O) groups is 2. The van der Waals surface area contributed by atoms with Crippen LogP contribution < -0.4 is 9.47 Å². The topological polar surface area (TPSA) is 108 Å². The maximum absolute atomic E-state index is 11.3. The van der Waals surface area contributed by atoms with Gasteiger partial charge in [-0.2, -0.15) is 0 Å². The van der Waals surface area contributed by atoms with Crippen molar-refractivity contribution in [2.45, 2.75) is 0 Å². The molecule has 0 radical (unpaired) electrons. The van der Waals surface area contributed by atoms with Gasteiger partial charge in [-0.3, -0.25) is 0 Å². The number of halogens is 2. The van der Waals surface area contributed by atoms with Crippen LogP contribution >= 0.6 is 54.5 Å². The van der Waals surface area contributed by atoms with E-state index in [4.69, 9.17) is 14.6 Å². The number of hydrogen-bond donors (Lipinski definition) is 1. The second-order valence-corrected chi connectivity index (χ2v) is 9.51. The molecule has 0 aliphatic carbocycles. The fraction of sp³-hybridized carbons (Fsp3) is 0.158. The second-order valence-electron chi connectivity index (χ2n) is 5.74. The van der Waals surface area contributed by atoms with Gasteiger partial charge in [0.1, 0.15) is 11.5 Å². The van der Waals surface area contributed by atoms with E-state index in [9.17, 15) is 9.59 Å². The molecule has 0 saturated carbocycles. The molecule has 0 atom stereocenters. The normalized spacial score (nSPS) is 10.5. The molecule has 12 heteroatoms. The van der Waals surface area contributed by atoms with Crippen molar-refractivity contribution >= 4 is 86.9 Å². The van der Waals surface area contributed by atoms with E-state index in [-0.39, 0.29) is 5.01 Å². The number of carboxylic acid groups (broad SMARTS) is 1. The van der Waals surface area contributed by atoms with E-state index in [0.717, 1.165) is 35.2 Å². The third-order valence-corrected chi connectivity index (χ3v) is 7.11. The van der Waals surface area contributed by atoms with Gasteiger partial charge in [-0.1, -0.05) is 0 Å². The standard InChI is InChI=1S/C10H8BrNO3S.C9H6BrNO3S/c1-14-7-4-8-6(3-5(7)11)12-9(16-8)10(13)15-2;1-14-6-3-7-5(2-4(6)10)11-8(15-7)9(12)13/h3-4H,1-2H3;2-3H,1H3,(H,12,13). The molecule has 8 nitrogen and oxygen atoms in total.